The number of carbonyl (C=O) groups is 1. The molecule has 0 aliphatic carbocycles. The minimum atomic E-state index is -0.277. The number of fused-ring (bicyclic) bond motifs is 2. The van der Waals surface area contributed by atoms with Crippen molar-refractivity contribution in [1.82, 2.24) is 10.2 Å². The second-order valence-corrected chi connectivity index (χ2v) is 6.87. The van der Waals surface area contributed by atoms with Crippen LogP contribution in [0.25, 0.3) is 21.9 Å². The van der Waals surface area contributed by atoms with Crippen LogP contribution in [-0.4, -0.2) is 38.6 Å². The van der Waals surface area contributed by atoms with Crippen molar-refractivity contribution in [2.24, 2.45) is 0 Å². The van der Waals surface area contributed by atoms with Gasteiger partial charge in [0.25, 0.3) is 5.91 Å². The van der Waals surface area contributed by atoms with Gasteiger partial charge < -0.3 is 18.9 Å². The van der Waals surface area contributed by atoms with Crippen LogP contribution in [0.4, 0.5) is 0 Å². The van der Waals surface area contributed by atoms with E-state index < -0.39 is 0 Å². The summed E-state index contributed by atoms with van der Waals surface area (Å²) in [5.41, 5.74) is 1.40. The average molecular weight is 378 g/mol. The van der Waals surface area contributed by atoms with Gasteiger partial charge in [0.05, 0.1) is 13.2 Å². The maximum atomic E-state index is 12.6. The van der Waals surface area contributed by atoms with Crippen LogP contribution < -0.4 is 10.1 Å². The van der Waals surface area contributed by atoms with Crippen LogP contribution in [0.2, 0.25) is 0 Å². The summed E-state index contributed by atoms with van der Waals surface area (Å²) in [6, 6.07) is 17.0. The fraction of sp³-hybridized carbons (Fsp3) is 0.227. The Hall–Kier alpha value is -3.25. The van der Waals surface area contributed by atoms with Crippen molar-refractivity contribution in [1.29, 1.82) is 0 Å². The lowest BCUT2D eigenvalue weighted by molar-refractivity contribution is 0.0913. The SMILES string of the molecule is COc1cccc2cc(C(=O)NC[C@H](c3cc4ccccc4o3)N(C)C)oc12. The van der Waals surface area contributed by atoms with Crippen LogP contribution in [0, 0.1) is 0 Å². The molecule has 6 nitrogen and oxygen atoms in total. The molecule has 1 amide bonds. The quantitative estimate of drug-likeness (QED) is 0.544. The van der Waals surface area contributed by atoms with E-state index in [0.717, 1.165) is 22.1 Å². The van der Waals surface area contributed by atoms with E-state index in [2.05, 4.69) is 5.32 Å². The molecule has 4 rings (SSSR count). The number of ether oxygens (including phenoxy) is 1. The lowest BCUT2D eigenvalue weighted by Gasteiger charge is -2.22. The highest BCUT2D eigenvalue weighted by atomic mass is 16.5. The lowest BCUT2D eigenvalue weighted by atomic mass is 10.1. The molecule has 1 atom stereocenters. The molecule has 0 unspecified atom stereocenters. The third kappa shape index (κ3) is 3.34. The maximum Gasteiger partial charge on any atom is 0.287 e. The Balaban J connectivity index is 1.53. The van der Waals surface area contributed by atoms with E-state index in [4.69, 9.17) is 13.6 Å². The summed E-state index contributed by atoms with van der Waals surface area (Å²) < 4.78 is 17.0. The van der Waals surface area contributed by atoms with Crippen molar-refractivity contribution in [2.45, 2.75) is 6.04 Å². The Labute approximate surface area is 162 Å². The Morgan fingerprint density at radius 1 is 1.07 bits per heavy atom. The number of para-hydroxylation sites is 2. The van der Waals surface area contributed by atoms with Crippen LogP contribution in [0.5, 0.6) is 5.75 Å². The van der Waals surface area contributed by atoms with Crippen LogP contribution in [0.1, 0.15) is 22.4 Å². The van der Waals surface area contributed by atoms with E-state index in [1.165, 1.54) is 0 Å². The highest BCUT2D eigenvalue weighted by Gasteiger charge is 2.21. The Kier molecular flexibility index (Phi) is 4.79. The van der Waals surface area contributed by atoms with E-state index in [1.54, 1.807) is 19.2 Å². The number of furan rings is 2. The van der Waals surface area contributed by atoms with Crippen molar-refractivity contribution in [3.63, 3.8) is 0 Å². The largest absolute Gasteiger partial charge is 0.493 e. The molecule has 2 aromatic carbocycles. The molecule has 0 fully saturated rings. The number of rotatable bonds is 6. The summed E-state index contributed by atoms with van der Waals surface area (Å²) in [7, 11) is 5.48. The maximum absolute atomic E-state index is 12.6. The van der Waals surface area contributed by atoms with Gasteiger partial charge in [-0.3, -0.25) is 9.69 Å². The third-order valence-electron chi connectivity index (χ3n) is 4.80. The number of nitrogens with one attached hydrogen (secondary N) is 1. The van der Waals surface area contributed by atoms with Gasteiger partial charge >= 0.3 is 0 Å². The van der Waals surface area contributed by atoms with Crippen LogP contribution in [0.15, 0.2) is 63.4 Å². The number of carbonyl (C=O) groups excluding carboxylic acids is 1. The zero-order valence-corrected chi connectivity index (χ0v) is 16.1. The standard InChI is InChI=1S/C22H22N2O4/c1-24(2)16(19-11-14-7-4-5-9-17(14)27-19)13-23-22(25)20-12-15-8-6-10-18(26-3)21(15)28-20/h4-12,16H,13H2,1-3H3,(H,23,25)/t16-/m1/s1. The van der Waals surface area contributed by atoms with Gasteiger partial charge in [0.1, 0.15) is 11.3 Å². The van der Waals surface area contributed by atoms with Gasteiger partial charge in [0.15, 0.2) is 17.1 Å². The van der Waals surface area contributed by atoms with E-state index >= 15 is 0 Å². The highest BCUT2D eigenvalue weighted by Crippen LogP contribution is 2.29. The van der Waals surface area contributed by atoms with E-state index in [-0.39, 0.29) is 17.7 Å². The molecule has 6 heteroatoms. The summed E-state index contributed by atoms with van der Waals surface area (Å²) in [4.78, 5) is 14.7. The van der Waals surface area contributed by atoms with Gasteiger partial charge in [-0.2, -0.15) is 0 Å². The summed E-state index contributed by atoms with van der Waals surface area (Å²) >= 11 is 0. The number of hydrogen-bond donors (Lipinski definition) is 1. The summed E-state index contributed by atoms with van der Waals surface area (Å²) in [5.74, 6) is 1.38. The number of likely N-dealkylation sites (N-methyl/N-ethyl adjacent to an activating group) is 1. The van der Waals surface area contributed by atoms with Crippen molar-refractivity contribution in [2.75, 3.05) is 27.7 Å². The molecule has 4 aromatic rings. The Morgan fingerprint density at radius 2 is 1.86 bits per heavy atom. The van der Waals surface area contributed by atoms with Crippen molar-refractivity contribution >= 4 is 27.8 Å². The molecular weight excluding hydrogens is 356 g/mol. The predicted octanol–water partition coefficient (Wildman–Crippen LogP) is 4.22. The minimum Gasteiger partial charge on any atom is -0.493 e. The average Bonchev–Trinajstić information content (AvgIpc) is 3.31. The van der Waals surface area contributed by atoms with E-state index in [9.17, 15) is 4.79 Å². The number of benzene rings is 2. The molecule has 0 bridgehead atoms. The third-order valence-corrected chi connectivity index (χ3v) is 4.80. The molecule has 0 aliphatic heterocycles. The van der Waals surface area contributed by atoms with E-state index in [0.29, 0.717) is 17.9 Å². The summed E-state index contributed by atoms with van der Waals surface area (Å²) in [6.45, 7) is 0.389. The second kappa shape index (κ2) is 7.40. The fourth-order valence-electron chi connectivity index (χ4n) is 3.29. The smallest absolute Gasteiger partial charge is 0.287 e. The highest BCUT2D eigenvalue weighted by molar-refractivity contribution is 5.97. The molecule has 0 saturated carbocycles. The molecule has 0 saturated heterocycles. The molecule has 2 aromatic heterocycles. The van der Waals surface area contributed by atoms with Crippen molar-refractivity contribution in [3.05, 3.63) is 66.1 Å². The number of nitrogens with zero attached hydrogens (tertiary/aromatic N) is 1. The topological polar surface area (TPSA) is 67.8 Å². The molecule has 0 aliphatic rings. The predicted molar refractivity (Wildman–Crippen MR) is 108 cm³/mol. The van der Waals surface area contributed by atoms with Crippen LogP contribution in [-0.2, 0) is 0 Å². The minimum absolute atomic E-state index is 0.102. The molecule has 0 radical (unpaired) electrons. The number of methoxy groups -OCH3 is 1. The Bertz CT molecular complexity index is 1090. The van der Waals surface area contributed by atoms with Gasteiger partial charge in [-0.05, 0) is 38.4 Å². The number of amides is 1. The van der Waals surface area contributed by atoms with Gasteiger partial charge in [-0.1, -0.05) is 30.3 Å². The second-order valence-electron chi connectivity index (χ2n) is 6.87. The fourth-order valence-corrected chi connectivity index (χ4v) is 3.29. The first-order valence-electron chi connectivity index (χ1n) is 9.06. The van der Waals surface area contributed by atoms with Crippen LogP contribution in [0.3, 0.4) is 0 Å². The first-order valence-corrected chi connectivity index (χ1v) is 9.06. The molecule has 28 heavy (non-hydrogen) atoms. The molecule has 0 spiro atoms. The molecule has 1 N–H and O–H groups in total. The Morgan fingerprint density at radius 3 is 2.61 bits per heavy atom. The van der Waals surface area contributed by atoms with Crippen molar-refractivity contribution in [3.8, 4) is 5.75 Å². The van der Waals surface area contributed by atoms with Gasteiger partial charge in [0, 0.05) is 17.3 Å². The zero-order valence-electron chi connectivity index (χ0n) is 16.1. The number of hydrogen-bond acceptors (Lipinski definition) is 5. The normalized spacial score (nSPS) is 12.6. The van der Waals surface area contributed by atoms with Crippen molar-refractivity contribution < 1.29 is 18.4 Å². The van der Waals surface area contributed by atoms with Gasteiger partial charge in [0.2, 0.25) is 0 Å². The van der Waals surface area contributed by atoms with Crippen LogP contribution >= 0.6 is 0 Å². The summed E-state index contributed by atoms with van der Waals surface area (Å²) in [5, 5.41) is 4.81. The van der Waals surface area contributed by atoms with Gasteiger partial charge in [-0.25, -0.2) is 0 Å². The zero-order chi connectivity index (χ0) is 19.7. The first kappa shape index (κ1) is 18.1. The monoisotopic (exact) mass is 378 g/mol. The lowest BCUT2D eigenvalue weighted by Crippen LogP contribution is -2.34. The van der Waals surface area contributed by atoms with E-state index in [1.807, 2.05) is 61.5 Å². The molecular formula is C22H22N2O4. The first-order chi connectivity index (χ1) is 13.6. The molecule has 144 valence electrons. The van der Waals surface area contributed by atoms with Gasteiger partial charge in [-0.15, -0.1) is 0 Å². The molecule has 2 heterocycles. The summed E-state index contributed by atoms with van der Waals surface area (Å²) in [6.07, 6.45) is 0.